The van der Waals surface area contributed by atoms with Gasteiger partial charge in [0.2, 0.25) is 4.67 Å². The van der Waals surface area contributed by atoms with Gasteiger partial charge in [-0.05, 0) is 28.1 Å². The molecular weight excluding hydrogens is 264 g/mol. The first kappa shape index (κ1) is 9.85. The standard InChI is InChI=1S/C9H5BrN2O3/c10-9-5-8(11-15-9)6-1-3-7(4-2-6)12(13)14/h1-5H. The molecule has 1 heterocycles. The fourth-order valence-corrected chi connectivity index (χ4v) is 1.43. The zero-order chi connectivity index (χ0) is 10.8. The maximum atomic E-state index is 10.4. The Bertz CT molecular complexity index is 492. The molecule has 6 heteroatoms. The normalized spacial score (nSPS) is 10.2. The van der Waals surface area contributed by atoms with Gasteiger partial charge in [-0.15, -0.1) is 0 Å². The summed E-state index contributed by atoms with van der Waals surface area (Å²) in [6, 6.07) is 7.81. The van der Waals surface area contributed by atoms with Crippen molar-refractivity contribution in [3.8, 4) is 11.3 Å². The van der Waals surface area contributed by atoms with Crippen molar-refractivity contribution in [2.45, 2.75) is 0 Å². The molecule has 0 unspecified atom stereocenters. The number of hydrogen-bond acceptors (Lipinski definition) is 4. The highest BCUT2D eigenvalue weighted by Gasteiger charge is 2.07. The van der Waals surface area contributed by atoms with Crippen molar-refractivity contribution in [2.24, 2.45) is 0 Å². The molecule has 0 N–H and O–H groups in total. The van der Waals surface area contributed by atoms with Crippen LogP contribution in [-0.4, -0.2) is 10.1 Å². The first-order chi connectivity index (χ1) is 7.16. The van der Waals surface area contributed by atoms with Gasteiger partial charge >= 0.3 is 0 Å². The molecule has 0 aliphatic carbocycles. The van der Waals surface area contributed by atoms with Crippen molar-refractivity contribution in [2.75, 3.05) is 0 Å². The number of nitro benzene ring substituents is 1. The lowest BCUT2D eigenvalue weighted by Gasteiger charge is -1.94. The summed E-state index contributed by atoms with van der Waals surface area (Å²) < 4.78 is 5.35. The molecule has 2 aromatic rings. The Morgan fingerprint density at radius 3 is 2.47 bits per heavy atom. The van der Waals surface area contributed by atoms with Crippen LogP contribution >= 0.6 is 15.9 Å². The SMILES string of the molecule is O=[N+]([O-])c1ccc(-c2cc(Br)on2)cc1. The average Bonchev–Trinajstić information content (AvgIpc) is 2.65. The molecule has 0 fully saturated rings. The Morgan fingerprint density at radius 2 is 2.00 bits per heavy atom. The molecule has 1 aromatic heterocycles. The van der Waals surface area contributed by atoms with Crippen LogP contribution in [-0.2, 0) is 0 Å². The van der Waals surface area contributed by atoms with Gasteiger partial charge in [0.15, 0.2) is 0 Å². The van der Waals surface area contributed by atoms with E-state index in [1.807, 2.05) is 0 Å². The van der Waals surface area contributed by atoms with E-state index in [0.29, 0.717) is 10.4 Å². The highest BCUT2D eigenvalue weighted by atomic mass is 79.9. The van der Waals surface area contributed by atoms with Crippen molar-refractivity contribution in [3.63, 3.8) is 0 Å². The fourth-order valence-electron chi connectivity index (χ4n) is 1.14. The molecule has 0 spiro atoms. The second kappa shape index (κ2) is 3.82. The quantitative estimate of drug-likeness (QED) is 0.620. The number of benzene rings is 1. The second-order valence-electron chi connectivity index (χ2n) is 2.82. The van der Waals surface area contributed by atoms with Crippen molar-refractivity contribution >= 4 is 21.6 Å². The van der Waals surface area contributed by atoms with Crippen molar-refractivity contribution in [1.29, 1.82) is 0 Å². The topological polar surface area (TPSA) is 69.2 Å². The number of aromatic nitrogens is 1. The Morgan fingerprint density at radius 1 is 1.33 bits per heavy atom. The number of nitrogens with zero attached hydrogens (tertiary/aromatic N) is 2. The average molecular weight is 269 g/mol. The predicted octanol–water partition coefficient (Wildman–Crippen LogP) is 3.01. The number of hydrogen-bond donors (Lipinski definition) is 0. The van der Waals surface area contributed by atoms with Crippen LogP contribution < -0.4 is 0 Å². The number of nitro groups is 1. The van der Waals surface area contributed by atoms with E-state index >= 15 is 0 Å². The smallest absolute Gasteiger partial charge is 0.269 e. The monoisotopic (exact) mass is 268 g/mol. The lowest BCUT2D eigenvalue weighted by atomic mass is 10.1. The van der Waals surface area contributed by atoms with E-state index in [-0.39, 0.29) is 5.69 Å². The van der Waals surface area contributed by atoms with Crippen molar-refractivity contribution < 1.29 is 9.45 Å². The highest BCUT2D eigenvalue weighted by Crippen LogP contribution is 2.23. The summed E-state index contributed by atoms with van der Waals surface area (Å²) in [5.74, 6) is 0. The van der Waals surface area contributed by atoms with E-state index in [1.165, 1.54) is 12.1 Å². The van der Waals surface area contributed by atoms with Gasteiger partial charge in [-0.1, -0.05) is 5.16 Å². The maximum Gasteiger partial charge on any atom is 0.269 e. The third-order valence-corrected chi connectivity index (χ3v) is 2.23. The Kier molecular flexibility index (Phi) is 2.51. The third kappa shape index (κ3) is 2.04. The molecule has 0 amide bonds. The summed E-state index contributed by atoms with van der Waals surface area (Å²) >= 11 is 3.13. The van der Waals surface area contributed by atoms with Crippen LogP contribution in [0.2, 0.25) is 0 Å². The molecule has 0 atom stereocenters. The molecule has 76 valence electrons. The van der Waals surface area contributed by atoms with Gasteiger partial charge in [0.25, 0.3) is 5.69 Å². The second-order valence-corrected chi connectivity index (χ2v) is 3.60. The predicted molar refractivity (Wildman–Crippen MR) is 56.3 cm³/mol. The maximum absolute atomic E-state index is 10.4. The first-order valence-corrected chi connectivity index (χ1v) is 4.83. The molecule has 0 saturated heterocycles. The largest absolute Gasteiger partial charge is 0.349 e. The summed E-state index contributed by atoms with van der Waals surface area (Å²) in [6.45, 7) is 0. The van der Waals surface area contributed by atoms with Gasteiger partial charge in [0, 0.05) is 23.8 Å². The van der Waals surface area contributed by atoms with Crippen LogP contribution in [0.3, 0.4) is 0 Å². The minimum absolute atomic E-state index is 0.0568. The molecule has 0 bridgehead atoms. The molecule has 1 aromatic carbocycles. The number of rotatable bonds is 2. The molecule has 5 nitrogen and oxygen atoms in total. The van der Waals surface area contributed by atoms with E-state index in [0.717, 1.165) is 5.56 Å². The Balaban J connectivity index is 2.35. The van der Waals surface area contributed by atoms with Crippen LogP contribution in [0.1, 0.15) is 0 Å². The van der Waals surface area contributed by atoms with E-state index < -0.39 is 4.92 Å². The van der Waals surface area contributed by atoms with Crippen LogP contribution in [0.4, 0.5) is 5.69 Å². The van der Waals surface area contributed by atoms with Crippen LogP contribution in [0, 0.1) is 10.1 Å². The number of halogens is 1. The summed E-state index contributed by atoms with van der Waals surface area (Å²) in [5, 5.41) is 14.2. The van der Waals surface area contributed by atoms with Gasteiger partial charge in [0.1, 0.15) is 5.69 Å². The fraction of sp³-hybridized carbons (Fsp3) is 0. The van der Waals surface area contributed by atoms with E-state index in [2.05, 4.69) is 21.1 Å². The van der Waals surface area contributed by atoms with E-state index in [4.69, 9.17) is 4.52 Å². The molecule has 0 saturated carbocycles. The summed E-state index contributed by atoms with van der Waals surface area (Å²) in [6.07, 6.45) is 0. The Labute approximate surface area is 93.0 Å². The van der Waals surface area contributed by atoms with E-state index in [9.17, 15) is 10.1 Å². The molecule has 0 aliphatic heterocycles. The van der Waals surface area contributed by atoms with Gasteiger partial charge in [0.05, 0.1) is 4.92 Å². The minimum Gasteiger partial charge on any atom is -0.349 e. The zero-order valence-corrected chi connectivity index (χ0v) is 8.97. The molecular formula is C9H5BrN2O3. The van der Waals surface area contributed by atoms with Crippen LogP contribution in [0.25, 0.3) is 11.3 Å². The summed E-state index contributed by atoms with van der Waals surface area (Å²) in [4.78, 5) is 9.97. The first-order valence-electron chi connectivity index (χ1n) is 4.04. The molecule has 0 radical (unpaired) electrons. The van der Waals surface area contributed by atoms with Crippen LogP contribution in [0.15, 0.2) is 39.5 Å². The lowest BCUT2D eigenvalue weighted by Crippen LogP contribution is -1.86. The minimum atomic E-state index is -0.442. The third-order valence-electron chi connectivity index (χ3n) is 1.86. The molecule has 15 heavy (non-hydrogen) atoms. The molecule has 2 rings (SSSR count). The van der Waals surface area contributed by atoms with Crippen LogP contribution in [0.5, 0.6) is 0 Å². The number of non-ortho nitro benzene ring substituents is 1. The zero-order valence-electron chi connectivity index (χ0n) is 7.38. The van der Waals surface area contributed by atoms with E-state index in [1.54, 1.807) is 18.2 Å². The lowest BCUT2D eigenvalue weighted by molar-refractivity contribution is -0.384. The van der Waals surface area contributed by atoms with Gasteiger partial charge in [-0.25, -0.2) is 0 Å². The van der Waals surface area contributed by atoms with Gasteiger partial charge in [-0.3, -0.25) is 10.1 Å². The highest BCUT2D eigenvalue weighted by molar-refractivity contribution is 9.10. The summed E-state index contributed by atoms with van der Waals surface area (Å²) in [5.41, 5.74) is 1.47. The van der Waals surface area contributed by atoms with Crippen molar-refractivity contribution in [3.05, 3.63) is 45.1 Å². The van der Waals surface area contributed by atoms with Crippen molar-refractivity contribution in [1.82, 2.24) is 5.16 Å². The Hall–Kier alpha value is -1.69. The summed E-state index contributed by atoms with van der Waals surface area (Å²) in [7, 11) is 0. The van der Waals surface area contributed by atoms with Gasteiger partial charge < -0.3 is 4.52 Å². The molecule has 0 aliphatic rings. The van der Waals surface area contributed by atoms with Gasteiger partial charge in [-0.2, -0.15) is 0 Å².